The predicted molar refractivity (Wildman–Crippen MR) is 46.9 cm³/mol. The van der Waals surface area contributed by atoms with Gasteiger partial charge in [0.2, 0.25) is 0 Å². The molecule has 56 valence electrons. The van der Waals surface area contributed by atoms with Gasteiger partial charge in [-0.15, -0.1) is 9.24 Å². The molecule has 0 radical (unpaired) electrons. The number of hydrogen-bond acceptors (Lipinski definition) is 1. The number of rotatable bonds is 5. The molecule has 0 aliphatic carbocycles. The molecule has 0 aromatic rings. The molecule has 1 N–H and O–H groups in total. The van der Waals surface area contributed by atoms with E-state index in [1.54, 1.807) is 0 Å². The highest BCUT2D eigenvalue weighted by molar-refractivity contribution is 7.16. The first kappa shape index (κ1) is 9.39. The van der Waals surface area contributed by atoms with Crippen LogP contribution in [0.3, 0.4) is 0 Å². The van der Waals surface area contributed by atoms with Crippen LogP contribution in [0.1, 0.15) is 19.8 Å². The SMILES string of the molecule is CNCC(C)CCCP. The topological polar surface area (TPSA) is 12.0 Å². The second kappa shape index (κ2) is 6.51. The summed E-state index contributed by atoms with van der Waals surface area (Å²) in [6.07, 6.45) is 3.94. The molecule has 2 unspecified atom stereocenters. The van der Waals surface area contributed by atoms with E-state index < -0.39 is 0 Å². The summed E-state index contributed by atoms with van der Waals surface area (Å²) in [6, 6.07) is 0. The molecule has 0 aliphatic rings. The van der Waals surface area contributed by atoms with E-state index in [1.165, 1.54) is 19.0 Å². The molecule has 9 heavy (non-hydrogen) atoms. The maximum atomic E-state index is 3.17. The first-order valence-electron chi connectivity index (χ1n) is 3.66. The van der Waals surface area contributed by atoms with Crippen molar-refractivity contribution in [3.05, 3.63) is 0 Å². The maximum absolute atomic E-state index is 3.17. The summed E-state index contributed by atoms with van der Waals surface area (Å²) >= 11 is 0. The largest absolute Gasteiger partial charge is 0.319 e. The molecular formula is C7H18NP. The Morgan fingerprint density at radius 2 is 2.22 bits per heavy atom. The van der Waals surface area contributed by atoms with Gasteiger partial charge in [-0.3, -0.25) is 0 Å². The van der Waals surface area contributed by atoms with Crippen LogP contribution in [-0.4, -0.2) is 19.8 Å². The Labute approximate surface area is 60.8 Å². The van der Waals surface area contributed by atoms with Crippen molar-refractivity contribution in [1.29, 1.82) is 0 Å². The first-order chi connectivity index (χ1) is 4.31. The molecule has 2 atom stereocenters. The number of hydrogen-bond donors (Lipinski definition) is 1. The minimum absolute atomic E-state index is 0.843. The monoisotopic (exact) mass is 147 g/mol. The van der Waals surface area contributed by atoms with E-state index in [2.05, 4.69) is 21.5 Å². The third kappa shape index (κ3) is 6.27. The molecule has 0 saturated carbocycles. The van der Waals surface area contributed by atoms with Crippen LogP contribution >= 0.6 is 9.24 Å². The second-order valence-electron chi connectivity index (χ2n) is 2.59. The summed E-state index contributed by atoms with van der Waals surface area (Å²) in [5.41, 5.74) is 0. The molecule has 1 nitrogen and oxygen atoms in total. The van der Waals surface area contributed by atoms with Crippen LogP contribution in [0.4, 0.5) is 0 Å². The van der Waals surface area contributed by atoms with Crippen molar-refractivity contribution in [1.82, 2.24) is 5.32 Å². The molecule has 0 saturated heterocycles. The Bertz CT molecular complexity index is 56.9. The number of nitrogens with one attached hydrogen (secondary N) is 1. The van der Waals surface area contributed by atoms with Crippen molar-refractivity contribution in [2.45, 2.75) is 19.8 Å². The van der Waals surface area contributed by atoms with Crippen LogP contribution in [-0.2, 0) is 0 Å². The van der Waals surface area contributed by atoms with Crippen LogP contribution in [0, 0.1) is 5.92 Å². The maximum Gasteiger partial charge on any atom is -0.00262 e. The molecule has 0 aromatic heterocycles. The Kier molecular flexibility index (Phi) is 6.79. The highest BCUT2D eigenvalue weighted by Crippen LogP contribution is 2.04. The van der Waals surface area contributed by atoms with Gasteiger partial charge in [-0.2, -0.15) is 0 Å². The average molecular weight is 147 g/mol. The molecule has 0 rings (SSSR count). The Morgan fingerprint density at radius 1 is 1.56 bits per heavy atom. The van der Waals surface area contributed by atoms with Gasteiger partial charge in [0, 0.05) is 0 Å². The molecule has 0 aliphatic heterocycles. The van der Waals surface area contributed by atoms with Gasteiger partial charge in [0.05, 0.1) is 0 Å². The Hall–Kier alpha value is 0.390. The van der Waals surface area contributed by atoms with Crippen LogP contribution in [0.25, 0.3) is 0 Å². The lowest BCUT2D eigenvalue weighted by molar-refractivity contribution is 0.500. The lowest BCUT2D eigenvalue weighted by Crippen LogP contribution is -2.15. The average Bonchev–Trinajstić information content (AvgIpc) is 1.85. The Morgan fingerprint density at radius 3 is 2.67 bits per heavy atom. The van der Waals surface area contributed by atoms with E-state index in [9.17, 15) is 0 Å². The van der Waals surface area contributed by atoms with Crippen LogP contribution in [0.5, 0.6) is 0 Å². The van der Waals surface area contributed by atoms with Crippen molar-refractivity contribution in [3.8, 4) is 0 Å². The summed E-state index contributed by atoms with van der Waals surface area (Å²) in [6.45, 7) is 3.45. The zero-order valence-corrected chi connectivity index (χ0v) is 7.64. The standard InChI is InChI=1S/C7H18NP/c1-7(6-8-2)4-3-5-9/h7-8H,3-6,9H2,1-2H3. The summed E-state index contributed by atoms with van der Waals surface area (Å²) in [7, 11) is 4.77. The predicted octanol–water partition coefficient (Wildman–Crippen LogP) is 1.50. The van der Waals surface area contributed by atoms with E-state index in [1.807, 2.05) is 7.05 Å². The zero-order valence-electron chi connectivity index (χ0n) is 6.48. The van der Waals surface area contributed by atoms with Gasteiger partial charge in [0.1, 0.15) is 0 Å². The molecule has 0 bridgehead atoms. The van der Waals surface area contributed by atoms with Crippen LogP contribution in [0.15, 0.2) is 0 Å². The lowest BCUT2D eigenvalue weighted by atomic mass is 10.1. The summed E-state index contributed by atoms with van der Waals surface area (Å²) in [5.74, 6) is 0.843. The highest BCUT2D eigenvalue weighted by atomic mass is 31.0. The van der Waals surface area contributed by atoms with E-state index >= 15 is 0 Å². The summed E-state index contributed by atoms with van der Waals surface area (Å²) < 4.78 is 0. The molecule has 0 amide bonds. The van der Waals surface area contributed by atoms with Crippen molar-refractivity contribution in [3.63, 3.8) is 0 Å². The van der Waals surface area contributed by atoms with Gasteiger partial charge < -0.3 is 5.32 Å². The van der Waals surface area contributed by atoms with Gasteiger partial charge in [0.15, 0.2) is 0 Å². The minimum atomic E-state index is 0.843. The second-order valence-corrected chi connectivity index (χ2v) is 3.17. The molecule has 0 heterocycles. The van der Waals surface area contributed by atoms with Gasteiger partial charge in [-0.05, 0) is 38.5 Å². The van der Waals surface area contributed by atoms with Crippen molar-refractivity contribution < 1.29 is 0 Å². The molecular weight excluding hydrogens is 129 g/mol. The minimum Gasteiger partial charge on any atom is -0.319 e. The van der Waals surface area contributed by atoms with E-state index in [4.69, 9.17) is 0 Å². The third-order valence-corrected chi connectivity index (χ3v) is 1.86. The van der Waals surface area contributed by atoms with Crippen molar-refractivity contribution >= 4 is 9.24 Å². The quantitative estimate of drug-likeness (QED) is 0.581. The first-order valence-corrected chi connectivity index (χ1v) is 4.47. The fourth-order valence-corrected chi connectivity index (χ4v) is 1.15. The van der Waals surface area contributed by atoms with Gasteiger partial charge in [-0.25, -0.2) is 0 Å². The van der Waals surface area contributed by atoms with Crippen molar-refractivity contribution in [2.75, 3.05) is 19.8 Å². The molecule has 2 heteroatoms. The Balaban J connectivity index is 2.95. The molecule has 0 spiro atoms. The van der Waals surface area contributed by atoms with E-state index in [0.29, 0.717) is 0 Å². The summed E-state index contributed by atoms with van der Waals surface area (Å²) in [4.78, 5) is 0. The summed E-state index contributed by atoms with van der Waals surface area (Å²) in [5, 5.41) is 3.17. The van der Waals surface area contributed by atoms with Gasteiger partial charge >= 0.3 is 0 Å². The third-order valence-electron chi connectivity index (χ3n) is 1.45. The van der Waals surface area contributed by atoms with Gasteiger partial charge in [-0.1, -0.05) is 6.92 Å². The zero-order chi connectivity index (χ0) is 7.11. The normalized spacial score (nSPS) is 13.7. The fraction of sp³-hybridized carbons (Fsp3) is 1.00. The van der Waals surface area contributed by atoms with Crippen LogP contribution in [0.2, 0.25) is 0 Å². The fourth-order valence-electron chi connectivity index (χ4n) is 0.917. The van der Waals surface area contributed by atoms with E-state index in [0.717, 1.165) is 12.5 Å². The van der Waals surface area contributed by atoms with E-state index in [-0.39, 0.29) is 0 Å². The lowest BCUT2D eigenvalue weighted by Gasteiger charge is -2.08. The smallest absolute Gasteiger partial charge is 0.00262 e. The molecule has 0 aromatic carbocycles. The van der Waals surface area contributed by atoms with Crippen molar-refractivity contribution in [2.24, 2.45) is 5.92 Å². The van der Waals surface area contributed by atoms with Gasteiger partial charge in [0.25, 0.3) is 0 Å². The molecule has 0 fully saturated rings. The highest BCUT2D eigenvalue weighted by Gasteiger charge is 1.97. The van der Waals surface area contributed by atoms with Crippen LogP contribution < -0.4 is 5.32 Å².